The minimum absolute atomic E-state index is 0.629. The highest BCUT2D eigenvalue weighted by atomic mass is 32.2. The second-order valence-electron chi connectivity index (χ2n) is 3.07. The molecular formula is C9H15NS. The monoisotopic (exact) mass is 169 g/mol. The maximum atomic E-state index is 3.88. The maximum absolute atomic E-state index is 3.88. The van der Waals surface area contributed by atoms with Crippen LogP contribution >= 0.6 is 11.8 Å². The Labute approximate surface area is 72.9 Å². The predicted molar refractivity (Wildman–Crippen MR) is 52.6 cm³/mol. The van der Waals surface area contributed by atoms with E-state index in [1.807, 2.05) is 11.8 Å². The lowest BCUT2D eigenvalue weighted by atomic mass is 10.1. The smallest absolute Gasteiger partial charge is 0.0611 e. The fourth-order valence-corrected chi connectivity index (χ4v) is 1.99. The lowest BCUT2D eigenvalue weighted by molar-refractivity contribution is 0.605. The third kappa shape index (κ3) is 3.02. The summed E-state index contributed by atoms with van der Waals surface area (Å²) < 4.78 is 0. The fourth-order valence-electron chi connectivity index (χ4n) is 1.09. The van der Waals surface area contributed by atoms with Gasteiger partial charge in [0.15, 0.2) is 0 Å². The first-order chi connectivity index (χ1) is 5.18. The quantitative estimate of drug-likeness (QED) is 0.651. The molecule has 0 aromatic carbocycles. The fraction of sp³-hybridized carbons (Fsp3) is 0.556. The third-order valence-corrected chi connectivity index (χ3v) is 2.78. The number of rotatable bonds is 3. The van der Waals surface area contributed by atoms with Gasteiger partial charge in [0.05, 0.1) is 5.03 Å². The molecule has 0 aliphatic carbocycles. The second-order valence-corrected chi connectivity index (χ2v) is 4.19. The topological polar surface area (TPSA) is 12.0 Å². The molecule has 0 unspecified atom stereocenters. The minimum atomic E-state index is 0.629. The Kier molecular flexibility index (Phi) is 3.06. The van der Waals surface area contributed by atoms with Crippen molar-refractivity contribution >= 4 is 11.8 Å². The molecule has 2 heteroatoms. The SMILES string of the molecule is C=C(C)CC[C@@H]1CSC(=C)N1. The van der Waals surface area contributed by atoms with E-state index in [0.717, 1.165) is 11.4 Å². The largest absolute Gasteiger partial charge is 0.377 e. The molecule has 0 saturated carbocycles. The number of allylic oxidation sites excluding steroid dienone is 1. The van der Waals surface area contributed by atoms with Crippen molar-refractivity contribution < 1.29 is 0 Å². The van der Waals surface area contributed by atoms with Crippen LogP contribution < -0.4 is 5.32 Å². The maximum Gasteiger partial charge on any atom is 0.0611 e. The minimum Gasteiger partial charge on any atom is -0.377 e. The first-order valence-electron chi connectivity index (χ1n) is 3.91. The van der Waals surface area contributed by atoms with Crippen molar-refractivity contribution in [3.05, 3.63) is 23.8 Å². The van der Waals surface area contributed by atoms with Crippen LogP contribution in [0.2, 0.25) is 0 Å². The zero-order valence-electron chi connectivity index (χ0n) is 7.02. The molecule has 0 aromatic heterocycles. The van der Waals surface area contributed by atoms with E-state index >= 15 is 0 Å². The molecule has 0 spiro atoms. The summed E-state index contributed by atoms with van der Waals surface area (Å²) in [4.78, 5) is 0. The number of thioether (sulfide) groups is 1. The normalized spacial score (nSPS) is 23.4. The van der Waals surface area contributed by atoms with Gasteiger partial charge in [-0.25, -0.2) is 0 Å². The van der Waals surface area contributed by atoms with Crippen LogP contribution in [0.4, 0.5) is 0 Å². The van der Waals surface area contributed by atoms with Crippen molar-refractivity contribution in [2.24, 2.45) is 0 Å². The van der Waals surface area contributed by atoms with E-state index in [2.05, 4.69) is 25.4 Å². The molecule has 1 heterocycles. The van der Waals surface area contributed by atoms with Gasteiger partial charge in [0.25, 0.3) is 0 Å². The van der Waals surface area contributed by atoms with Gasteiger partial charge in [-0.15, -0.1) is 18.3 Å². The van der Waals surface area contributed by atoms with Crippen LogP contribution in [-0.4, -0.2) is 11.8 Å². The molecule has 1 rings (SSSR count). The molecule has 1 nitrogen and oxygen atoms in total. The van der Waals surface area contributed by atoms with E-state index in [0.29, 0.717) is 6.04 Å². The Morgan fingerprint density at radius 2 is 2.55 bits per heavy atom. The zero-order chi connectivity index (χ0) is 8.27. The summed E-state index contributed by atoms with van der Waals surface area (Å²) in [5, 5.41) is 4.46. The Morgan fingerprint density at radius 3 is 3.00 bits per heavy atom. The van der Waals surface area contributed by atoms with Crippen molar-refractivity contribution in [1.82, 2.24) is 5.32 Å². The highest BCUT2D eigenvalue weighted by Crippen LogP contribution is 2.23. The third-order valence-electron chi connectivity index (χ3n) is 1.74. The van der Waals surface area contributed by atoms with Gasteiger partial charge in [0.1, 0.15) is 0 Å². The average molecular weight is 169 g/mol. The van der Waals surface area contributed by atoms with Crippen molar-refractivity contribution in [2.45, 2.75) is 25.8 Å². The van der Waals surface area contributed by atoms with Gasteiger partial charge >= 0.3 is 0 Å². The highest BCUT2D eigenvalue weighted by molar-refractivity contribution is 8.03. The molecular weight excluding hydrogens is 154 g/mol. The molecule has 1 atom stereocenters. The summed E-state index contributed by atoms with van der Waals surface area (Å²) in [5.41, 5.74) is 1.27. The van der Waals surface area contributed by atoms with Gasteiger partial charge in [0.2, 0.25) is 0 Å². The molecule has 0 bridgehead atoms. The summed E-state index contributed by atoms with van der Waals surface area (Å²) in [7, 11) is 0. The van der Waals surface area contributed by atoms with E-state index in [9.17, 15) is 0 Å². The number of nitrogens with one attached hydrogen (secondary N) is 1. The first kappa shape index (κ1) is 8.72. The Hall–Kier alpha value is -0.370. The molecule has 62 valence electrons. The van der Waals surface area contributed by atoms with Crippen LogP contribution in [0.3, 0.4) is 0 Å². The number of hydrogen-bond acceptors (Lipinski definition) is 2. The molecule has 1 N–H and O–H groups in total. The summed E-state index contributed by atoms with van der Waals surface area (Å²) in [6, 6.07) is 0.629. The average Bonchev–Trinajstić information content (AvgIpc) is 2.31. The molecule has 1 saturated heterocycles. The standard InChI is InChI=1S/C9H15NS/c1-7(2)4-5-9-6-11-8(3)10-9/h9-10H,1,3-6H2,2H3/t9-/m1/s1. The van der Waals surface area contributed by atoms with Gasteiger partial charge in [-0.1, -0.05) is 12.2 Å². The van der Waals surface area contributed by atoms with Gasteiger partial charge in [-0.2, -0.15) is 0 Å². The van der Waals surface area contributed by atoms with Crippen LogP contribution in [0.15, 0.2) is 23.8 Å². The van der Waals surface area contributed by atoms with E-state index in [1.54, 1.807) is 0 Å². The van der Waals surface area contributed by atoms with Crippen LogP contribution in [0.1, 0.15) is 19.8 Å². The summed E-state index contributed by atoms with van der Waals surface area (Å²) in [6.07, 6.45) is 2.33. The lowest BCUT2D eigenvalue weighted by Crippen LogP contribution is -2.22. The van der Waals surface area contributed by atoms with Crippen LogP contribution in [0.5, 0.6) is 0 Å². The molecule has 1 aliphatic rings. The Morgan fingerprint density at radius 1 is 1.82 bits per heavy atom. The highest BCUT2D eigenvalue weighted by Gasteiger charge is 2.16. The lowest BCUT2D eigenvalue weighted by Gasteiger charge is -2.08. The molecule has 0 radical (unpaired) electrons. The molecule has 11 heavy (non-hydrogen) atoms. The van der Waals surface area contributed by atoms with Gasteiger partial charge in [0, 0.05) is 11.8 Å². The summed E-state index contributed by atoms with van der Waals surface area (Å²) in [6.45, 7) is 9.82. The number of hydrogen-bond donors (Lipinski definition) is 1. The molecule has 0 amide bonds. The molecule has 1 aliphatic heterocycles. The van der Waals surface area contributed by atoms with Crippen molar-refractivity contribution in [1.29, 1.82) is 0 Å². The predicted octanol–water partition coefficient (Wildman–Crippen LogP) is 2.52. The zero-order valence-corrected chi connectivity index (χ0v) is 7.84. The van der Waals surface area contributed by atoms with Crippen molar-refractivity contribution in [3.63, 3.8) is 0 Å². The van der Waals surface area contributed by atoms with Crippen LogP contribution in [0.25, 0.3) is 0 Å². The Balaban J connectivity index is 2.18. The van der Waals surface area contributed by atoms with E-state index < -0.39 is 0 Å². The Bertz CT molecular complexity index is 174. The van der Waals surface area contributed by atoms with Gasteiger partial charge in [-0.3, -0.25) is 0 Å². The summed E-state index contributed by atoms with van der Waals surface area (Å²) in [5.74, 6) is 1.17. The van der Waals surface area contributed by atoms with E-state index in [4.69, 9.17) is 0 Å². The van der Waals surface area contributed by atoms with E-state index in [-0.39, 0.29) is 0 Å². The van der Waals surface area contributed by atoms with Crippen LogP contribution in [0, 0.1) is 0 Å². The van der Waals surface area contributed by atoms with Gasteiger partial charge in [-0.05, 0) is 19.8 Å². The second kappa shape index (κ2) is 3.86. The van der Waals surface area contributed by atoms with E-state index in [1.165, 1.54) is 17.7 Å². The van der Waals surface area contributed by atoms with Crippen LogP contribution in [-0.2, 0) is 0 Å². The van der Waals surface area contributed by atoms with Crippen molar-refractivity contribution in [2.75, 3.05) is 5.75 Å². The summed E-state index contributed by atoms with van der Waals surface area (Å²) >= 11 is 1.82. The molecule has 0 aromatic rings. The first-order valence-corrected chi connectivity index (χ1v) is 4.89. The van der Waals surface area contributed by atoms with Crippen molar-refractivity contribution in [3.8, 4) is 0 Å². The molecule has 1 fully saturated rings. The van der Waals surface area contributed by atoms with Gasteiger partial charge < -0.3 is 5.32 Å².